The Morgan fingerprint density at radius 2 is 2.06 bits per heavy atom. The Balaban J connectivity index is 2.35. The highest BCUT2D eigenvalue weighted by Gasteiger charge is 2.08. The van der Waals surface area contributed by atoms with Crippen molar-refractivity contribution in [3.63, 3.8) is 0 Å². The molecule has 0 heterocycles. The highest BCUT2D eigenvalue weighted by atomic mass is 35.5. The maximum atomic E-state index is 11.7. The van der Waals surface area contributed by atoms with Gasteiger partial charge in [-0.1, -0.05) is 17.7 Å². The number of amides is 1. The van der Waals surface area contributed by atoms with Gasteiger partial charge in [0.2, 0.25) is 5.91 Å². The minimum absolute atomic E-state index is 0.185. The Morgan fingerprint density at radius 1 is 1.35 bits per heavy atom. The molecule has 0 spiro atoms. The summed E-state index contributed by atoms with van der Waals surface area (Å²) >= 11 is 5.87. The zero-order valence-electron chi connectivity index (χ0n) is 10.4. The second-order valence-electron chi connectivity index (χ2n) is 3.75. The van der Waals surface area contributed by atoms with Gasteiger partial charge in [-0.25, -0.2) is 0 Å². The summed E-state index contributed by atoms with van der Waals surface area (Å²) in [5, 5.41) is 3.89. The minimum atomic E-state index is 0.185. The Hall–Kier alpha value is -1.22. The fourth-order valence-corrected chi connectivity index (χ4v) is 1.84. The lowest BCUT2D eigenvalue weighted by Gasteiger charge is -2.18. The second-order valence-corrected chi connectivity index (χ2v) is 4.19. The maximum Gasteiger partial charge on any atom is 0.224 e. The molecule has 1 N–H and O–H groups in total. The molecule has 0 aliphatic heterocycles. The van der Waals surface area contributed by atoms with Gasteiger partial charge in [0.15, 0.2) is 0 Å². The highest BCUT2D eigenvalue weighted by molar-refractivity contribution is 6.30. The van der Waals surface area contributed by atoms with E-state index in [0.717, 1.165) is 18.8 Å². The molecule has 0 aliphatic carbocycles. The van der Waals surface area contributed by atoms with Crippen molar-refractivity contribution in [2.24, 2.45) is 0 Å². The number of halogens is 1. The first kappa shape index (κ1) is 13.8. The molecule has 0 bridgehead atoms. The van der Waals surface area contributed by atoms with Gasteiger partial charge in [-0.3, -0.25) is 4.79 Å². The van der Waals surface area contributed by atoms with Crippen molar-refractivity contribution in [2.75, 3.05) is 25.0 Å². The monoisotopic (exact) mass is 254 g/mol. The standard InChI is InChI=1S/C13H19ClN2O/c1-3-16(4-2)13(17)8-9-15-12-7-5-6-11(14)10-12/h5-7,10,15H,3-4,8-9H2,1-2H3. The van der Waals surface area contributed by atoms with Gasteiger partial charge in [0, 0.05) is 36.8 Å². The molecular weight excluding hydrogens is 236 g/mol. The van der Waals surface area contributed by atoms with Crippen LogP contribution in [-0.4, -0.2) is 30.4 Å². The smallest absolute Gasteiger partial charge is 0.224 e. The summed E-state index contributed by atoms with van der Waals surface area (Å²) in [6.45, 7) is 6.16. The van der Waals surface area contributed by atoms with E-state index in [1.165, 1.54) is 0 Å². The quantitative estimate of drug-likeness (QED) is 0.846. The van der Waals surface area contributed by atoms with E-state index in [0.29, 0.717) is 18.0 Å². The first-order chi connectivity index (χ1) is 8.17. The molecule has 0 radical (unpaired) electrons. The molecule has 0 saturated carbocycles. The van der Waals surface area contributed by atoms with Gasteiger partial charge in [0.1, 0.15) is 0 Å². The van der Waals surface area contributed by atoms with E-state index in [4.69, 9.17) is 11.6 Å². The van der Waals surface area contributed by atoms with Crippen LogP contribution in [0.25, 0.3) is 0 Å². The normalized spacial score (nSPS) is 10.1. The van der Waals surface area contributed by atoms with E-state index in [1.807, 2.05) is 43.0 Å². The minimum Gasteiger partial charge on any atom is -0.384 e. The molecule has 1 aromatic carbocycles. The van der Waals surface area contributed by atoms with Gasteiger partial charge in [0.05, 0.1) is 0 Å². The van der Waals surface area contributed by atoms with Gasteiger partial charge in [-0.05, 0) is 32.0 Å². The number of carbonyl (C=O) groups excluding carboxylic acids is 1. The molecule has 4 heteroatoms. The van der Waals surface area contributed by atoms with E-state index in [9.17, 15) is 4.79 Å². The largest absolute Gasteiger partial charge is 0.384 e. The molecule has 0 aliphatic rings. The average molecular weight is 255 g/mol. The van der Waals surface area contributed by atoms with E-state index in [-0.39, 0.29) is 5.91 Å². The zero-order chi connectivity index (χ0) is 12.7. The molecule has 0 fully saturated rings. The predicted octanol–water partition coefficient (Wildman–Crippen LogP) is 3.01. The maximum absolute atomic E-state index is 11.7. The number of nitrogens with one attached hydrogen (secondary N) is 1. The average Bonchev–Trinajstić information content (AvgIpc) is 2.30. The molecule has 17 heavy (non-hydrogen) atoms. The number of carbonyl (C=O) groups is 1. The van der Waals surface area contributed by atoms with Crippen LogP contribution < -0.4 is 5.32 Å². The fourth-order valence-electron chi connectivity index (χ4n) is 1.65. The van der Waals surface area contributed by atoms with Crippen LogP contribution in [-0.2, 0) is 4.79 Å². The first-order valence-electron chi connectivity index (χ1n) is 5.94. The van der Waals surface area contributed by atoms with E-state index >= 15 is 0 Å². The number of benzene rings is 1. The summed E-state index contributed by atoms with van der Waals surface area (Å²) in [6, 6.07) is 7.50. The number of hydrogen-bond acceptors (Lipinski definition) is 2. The predicted molar refractivity (Wildman–Crippen MR) is 72.5 cm³/mol. The third kappa shape index (κ3) is 4.65. The Bertz CT molecular complexity index is 364. The Kier molecular flexibility index (Phi) is 5.84. The van der Waals surface area contributed by atoms with Gasteiger partial charge >= 0.3 is 0 Å². The molecule has 0 atom stereocenters. The molecule has 1 aromatic rings. The van der Waals surface area contributed by atoms with Crippen molar-refractivity contribution in [3.05, 3.63) is 29.3 Å². The van der Waals surface area contributed by atoms with Crippen LogP contribution >= 0.6 is 11.6 Å². The van der Waals surface area contributed by atoms with Crippen LogP contribution in [0.1, 0.15) is 20.3 Å². The highest BCUT2D eigenvalue weighted by Crippen LogP contribution is 2.14. The molecule has 0 saturated heterocycles. The molecule has 1 rings (SSSR count). The molecular formula is C13H19ClN2O. The summed E-state index contributed by atoms with van der Waals surface area (Å²) in [5.74, 6) is 0.185. The lowest BCUT2D eigenvalue weighted by Crippen LogP contribution is -2.31. The van der Waals surface area contributed by atoms with Gasteiger partial charge in [0.25, 0.3) is 0 Å². The van der Waals surface area contributed by atoms with Gasteiger partial charge in [-0.15, -0.1) is 0 Å². The summed E-state index contributed by atoms with van der Waals surface area (Å²) in [5.41, 5.74) is 0.949. The summed E-state index contributed by atoms with van der Waals surface area (Å²) < 4.78 is 0. The lowest BCUT2D eigenvalue weighted by molar-refractivity contribution is -0.130. The van der Waals surface area contributed by atoms with Crippen LogP contribution in [0.2, 0.25) is 5.02 Å². The van der Waals surface area contributed by atoms with Gasteiger partial charge < -0.3 is 10.2 Å². The van der Waals surface area contributed by atoms with Crippen molar-refractivity contribution in [3.8, 4) is 0 Å². The third-order valence-electron chi connectivity index (χ3n) is 2.61. The Labute approximate surface area is 108 Å². The summed E-state index contributed by atoms with van der Waals surface area (Å²) in [7, 11) is 0. The van der Waals surface area contributed by atoms with Crippen LogP contribution in [0.15, 0.2) is 24.3 Å². The zero-order valence-corrected chi connectivity index (χ0v) is 11.1. The van der Waals surface area contributed by atoms with Crippen LogP contribution in [0, 0.1) is 0 Å². The van der Waals surface area contributed by atoms with Crippen molar-refractivity contribution in [2.45, 2.75) is 20.3 Å². The van der Waals surface area contributed by atoms with Crippen LogP contribution in [0.5, 0.6) is 0 Å². The molecule has 94 valence electrons. The van der Waals surface area contributed by atoms with Crippen molar-refractivity contribution in [1.29, 1.82) is 0 Å². The van der Waals surface area contributed by atoms with Crippen molar-refractivity contribution >= 4 is 23.2 Å². The fraction of sp³-hybridized carbons (Fsp3) is 0.462. The molecule has 0 aromatic heterocycles. The number of hydrogen-bond donors (Lipinski definition) is 1. The summed E-state index contributed by atoms with van der Waals surface area (Å²) in [4.78, 5) is 13.6. The van der Waals surface area contributed by atoms with Crippen molar-refractivity contribution in [1.82, 2.24) is 4.90 Å². The second kappa shape index (κ2) is 7.17. The topological polar surface area (TPSA) is 32.3 Å². The third-order valence-corrected chi connectivity index (χ3v) is 2.84. The number of anilines is 1. The van der Waals surface area contributed by atoms with E-state index in [1.54, 1.807) is 0 Å². The van der Waals surface area contributed by atoms with E-state index in [2.05, 4.69) is 5.32 Å². The summed E-state index contributed by atoms with van der Waals surface area (Å²) in [6.07, 6.45) is 0.508. The van der Waals surface area contributed by atoms with E-state index < -0.39 is 0 Å². The number of nitrogens with zero attached hydrogens (tertiary/aromatic N) is 1. The molecule has 3 nitrogen and oxygen atoms in total. The molecule has 0 unspecified atom stereocenters. The Morgan fingerprint density at radius 3 is 2.65 bits per heavy atom. The van der Waals surface area contributed by atoms with Crippen LogP contribution in [0.4, 0.5) is 5.69 Å². The first-order valence-corrected chi connectivity index (χ1v) is 6.32. The van der Waals surface area contributed by atoms with Crippen LogP contribution in [0.3, 0.4) is 0 Å². The lowest BCUT2D eigenvalue weighted by atomic mass is 10.3. The van der Waals surface area contributed by atoms with Crippen molar-refractivity contribution < 1.29 is 4.79 Å². The number of rotatable bonds is 6. The SMILES string of the molecule is CCN(CC)C(=O)CCNc1cccc(Cl)c1. The molecule has 1 amide bonds. The van der Waals surface area contributed by atoms with Gasteiger partial charge in [-0.2, -0.15) is 0 Å².